The van der Waals surface area contributed by atoms with Gasteiger partial charge in [-0.05, 0) is 77.9 Å². The zero-order chi connectivity index (χ0) is 33.5. The molecule has 51 heavy (non-hydrogen) atoms. The maximum Gasteiger partial charge on any atom is 0.0718 e. The van der Waals surface area contributed by atoms with Crippen molar-refractivity contribution in [3.05, 3.63) is 176 Å². The summed E-state index contributed by atoms with van der Waals surface area (Å²) in [4.78, 5) is 5.07. The fraction of sp³-hybridized carbons (Fsp3) is 0. The smallest absolute Gasteiger partial charge is 0.0718 e. The quantitative estimate of drug-likeness (QED) is 0.183. The minimum absolute atomic E-state index is 0.989. The van der Waals surface area contributed by atoms with Crippen LogP contribution in [-0.2, 0) is 0 Å². The van der Waals surface area contributed by atoms with Gasteiger partial charge in [-0.1, -0.05) is 103 Å². The largest absolute Gasteiger partial charge is 0.309 e. The third-order valence-electron chi connectivity index (χ3n) is 10.4. The maximum absolute atomic E-state index is 5.07. The maximum atomic E-state index is 5.07. The standard InChI is InChI=1S/C47H29N3S/c1-2-11-32(12-3-1)49-42-18-7-4-13-34(42)39-27-30(21-25-44(39)49)31-22-26-45-40(28-31)35-14-5-8-19-43(35)50(45)33-23-24-41(48-29-33)38-17-10-16-37-36-15-6-9-20-46(36)51-47(37)38/h1-29H. The second-order valence-electron chi connectivity index (χ2n) is 13.2. The van der Waals surface area contributed by atoms with Crippen LogP contribution in [0.4, 0.5) is 0 Å². The monoisotopic (exact) mass is 667 g/mol. The van der Waals surface area contributed by atoms with Gasteiger partial charge in [0.25, 0.3) is 0 Å². The first kappa shape index (κ1) is 28.4. The summed E-state index contributed by atoms with van der Waals surface area (Å²) in [5, 5.41) is 7.57. The Balaban J connectivity index is 1.04. The first-order valence-electron chi connectivity index (χ1n) is 17.3. The molecule has 0 aliphatic carbocycles. The fourth-order valence-electron chi connectivity index (χ4n) is 8.06. The van der Waals surface area contributed by atoms with Crippen LogP contribution < -0.4 is 0 Å². The van der Waals surface area contributed by atoms with Gasteiger partial charge in [-0.3, -0.25) is 4.98 Å². The Labute approximate surface area is 297 Å². The summed E-state index contributed by atoms with van der Waals surface area (Å²) in [5.41, 5.74) is 11.6. The zero-order valence-electron chi connectivity index (χ0n) is 27.5. The lowest BCUT2D eigenvalue weighted by atomic mass is 10.0. The highest BCUT2D eigenvalue weighted by Crippen LogP contribution is 2.41. The Bertz CT molecular complexity index is 3130. The number of rotatable bonds is 4. The van der Waals surface area contributed by atoms with Crippen molar-refractivity contribution in [1.29, 1.82) is 0 Å². The minimum atomic E-state index is 0.989. The average molecular weight is 668 g/mol. The SMILES string of the molecule is c1ccc(-n2c3ccccc3c3cc(-c4ccc5c(c4)c4ccccc4n5-c4ccc(-c5cccc6c5sc5ccccc56)nc4)ccc32)cc1. The second-order valence-corrected chi connectivity index (χ2v) is 14.2. The van der Waals surface area contributed by atoms with E-state index in [-0.39, 0.29) is 0 Å². The first-order chi connectivity index (χ1) is 25.3. The van der Waals surface area contributed by atoms with Crippen LogP contribution in [-0.4, -0.2) is 14.1 Å². The van der Waals surface area contributed by atoms with Crippen LogP contribution in [0.5, 0.6) is 0 Å². The van der Waals surface area contributed by atoms with Gasteiger partial charge in [0.1, 0.15) is 0 Å². The molecule has 4 heterocycles. The van der Waals surface area contributed by atoms with E-state index in [9.17, 15) is 0 Å². The third kappa shape index (κ3) is 4.27. The van der Waals surface area contributed by atoms with E-state index in [4.69, 9.17) is 4.98 Å². The number of hydrogen-bond donors (Lipinski definition) is 0. The van der Waals surface area contributed by atoms with Gasteiger partial charge in [-0.15, -0.1) is 11.3 Å². The summed E-state index contributed by atoms with van der Waals surface area (Å²) in [5.74, 6) is 0. The van der Waals surface area contributed by atoms with Crippen LogP contribution in [0, 0.1) is 0 Å². The molecular formula is C47H29N3S. The molecule has 4 aromatic heterocycles. The number of nitrogens with zero attached hydrogens (tertiary/aromatic N) is 3. The summed E-state index contributed by atoms with van der Waals surface area (Å²) in [7, 11) is 0. The number of para-hydroxylation sites is 3. The molecule has 0 bridgehead atoms. The van der Waals surface area contributed by atoms with E-state index in [1.54, 1.807) is 0 Å². The molecule has 0 aliphatic heterocycles. The van der Waals surface area contributed by atoms with E-state index in [2.05, 4.69) is 179 Å². The normalized spacial score (nSPS) is 11.9. The molecule has 11 rings (SSSR count). The lowest BCUT2D eigenvalue weighted by Gasteiger charge is -2.10. The molecule has 7 aromatic carbocycles. The Morgan fingerprint density at radius 3 is 1.63 bits per heavy atom. The number of aromatic nitrogens is 3. The highest BCUT2D eigenvalue weighted by Gasteiger charge is 2.17. The van der Waals surface area contributed by atoms with Crippen LogP contribution in [0.25, 0.3) is 97.5 Å². The lowest BCUT2D eigenvalue weighted by Crippen LogP contribution is -1.95. The van der Waals surface area contributed by atoms with Crippen molar-refractivity contribution in [3.63, 3.8) is 0 Å². The van der Waals surface area contributed by atoms with E-state index in [0.717, 1.165) is 11.4 Å². The molecule has 238 valence electrons. The summed E-state index contributed by atoms with van der Waals surface area (Å²) in [6.07, 6.45) is 2.03. The molecule has 0 atom stereocenters. The van der Waals surface area contributed by atoms with Gasteiger partial charge in [-0.25, -0.2) is 0 Å². The van der Waals surface area contributed by atoms with Gasteiger partial charge in [0.05, 0.1) is 39.6 Å². The molecule has 0 unspecified atom stereocenters. The first-order valence-corrected chi connectivity index (χ1v) is 18.1. The van der Waals surface area contributed by atoms with Crippen LogP contribution in [0.1, 0.15) is 0 Å². The molecule has 0 radical (unpaired) electrons. The van der Waals surface area contributed by atoms with E-state index in [0.29, 0.717) is 0 Å². The van der Waals surface area contributed by atoms with Gasteiger partial charge >= 0.3 is 0 Å². The van der Waals surface area contributed by atoms with Gasteiger partial charge in [0, 0.05) is 53.0 Å². The Kier molecular flexibility index (Phi) is 6.12. The number of thiophene rings is 1. The molecule has 3 nitrogen and oxygen atoms in total. The number of pyridine rings is 1. The van der Waals surface area contributed by atoms with Gasteiger partial charge in [-0.2, -0.15) is 0 Å². The number of benzene rings is 7. The molecule has 0 aliphatic rings. The van der Waals surface area contributed by atoms with Crippen molar-refractivity contribution in [2.45, 2.75) is 0 Å². The molecular weight excluding hydrogens is 639 g/mol. The predicted molar refractivity (Wildman–Crippen MR) is 217 cm³/mol. The molecule has 11 aromatic rings. The summed E-state index contributed by atoms with van der Waals surface area (Å²) in [6.45, 7) is 0. The fourth-order valence-corrected chi connectivity index (χ4v) is 9.29. The van der Waals surface area contributed by atoms with Crippen molar-refractivity contribution in [2.75, 3.05) is 0 Å². The number of hydrogen-bond acceptors (Lipinski definition) is 2. The summed E-state index contributed by atoms with van der Waals surface area (Å²) < 4.78 is 7.31. The highest BCUT2D eigenvalue weighted by molar-refractivity contribution is 7.26. The summed E-state index contributed by atoms with van der Waals surface area (Å²) >= 11 is 1.84. The topological polar surface area (TPSA) is 22.8 Å². The Morgan fingerprint density at radius 2 is 0.961 bits per heavy atom. The van der Waals surface area contributed by atoms with Gasteiger partial charge in [0.15, 0.2) is 0 Å². The van der Waals surface area contributed by atoms with Crippen molar-refractivity contribution in [1.82, 2.24) is 14.1 Å². The molecule has 0 saturated carbocycles. The average Bonchev–Trinajstić information content (AvgIpc) is 3.86. The van der Waals surface area contributed by atoms with Crippen LogP contribution in [0.2, 0.25) is 0 Å². The highest BCUT2D eigenvalue weighted by atomic mass is 32.1. The second kappa shape index (κ2) is 11.0. The van der Waals surface area contributed by atoms with Crippen LogP contribution in [0.15, 0.2) is 176 Å². The van der Waals surface area contributed by atoms with Crippen molar-refractivity contribution >= 4 is 75.1 Å². The van der Waals surface area contributed by atoms with Gasteiger partial charge in [0.2, 0.25) is 0 Å². The van der Waals surface area contributed by atoms with Crippen LogP contribution >= 0.6 is 11.3 Å². The number of fused-ring (bicyclic) bond motifs is 9. The van der Waals surface area contributed by atoms with E-state index >= 15 is 0 Å². The van der Waals surface area contributed by atoms with E-state index < -0.39 is 0 Å². The van der Waals surface area contributed by atoms with E-state index in [1.165, 1.54) is 86.2 Å². The Morgan fingerprint density at radius 1 is 0.392 bits per heavy atom. The van der Waals surface area contributed by atoms with Gasteiger partial charge < -0.3 is 9.13 Å². The van der Waals surface area contributed by atoms with Crippen molar-refractivity contribution < 1.29 is 0 Å². The van der Waals surface area contributed by atoms with Crippen LogP contribution in [0.3, 0.4) is 0 Å². The zero-order valence-corrected chi connectivity index (χ0v) is 28.3. The van der Waals surface area contributed by atoms with Crippen molar-refractivity contribution in [3.8, 4) is 33.8 Å². The molecule has 0 N–H and O–H groups in total. The predicted octanol–water partition coefficient (Wildman–Crippen LogP) is 13.0. The molecule has 0 saturated heterocycles. The van der Waals surface area contributed by atoms with E-state index in [1.807, 2.05) is 17.5 Å². The lowest BCUT2D eigenvalue weighted by molar-refractivity contribution is 1.14. The molecule has 0 fully saturated rings. The minimum Gasteiger partial charge on any atom is -0.309 e. The molecule has 0 spiro atoms. The Hall–Kier alpha value is -6.49. The third-order valence-corrected chi connectivity index (χ3v) is 11.6. The summed E-state index contributed by atoms with van der Waals surface area (Å²) in [6, 6.07) is 61.4. The molecule has 0 amide bonds. The van der Waals surface area contributed by atoms with Crippen molar-refractivity contribution in [2.24, 2.45) is 0 Å². The molecule has 4 heteroatoms.